The molecule has 0 saturated carbocycles. The van der Waals surface area contributed by atoms with E-state index in [9.17, 15) is 9.59 Å². The minimum atomic E-state index is -0.378. The van der Waals surface area contributed by atoms with Crippen LogP contribution in [0.4, 0.5) is 0 Å². The topological polar surface area (TPSA) is 72.0 Å². The van der Waals surface area contributed by atoms with Crippen LogP contribution < -0.4 is 10.3 Å². The van der Waals surface area contributed by atoms with Gasteiger partial charge in [0, 0.05) is 4.88 Å². The highest BCUT2D eigenvalue weighted by molar-refractivity contribution is 7.99. The summed E-state index contributed by atoms with van der Waals surface area (Å²) < 4.78 is 5.59. The Morgan fingerprint density at radius 2 is 1.93 bits per heavy atom. The van der Waals surface area contributed by atoms with Crippen molar-refractivity contribution in [2.75, 3.05) is 0 Å². The highest BCUT2D eigenvalue weighted by Crippen LogP contribution is 2.27. The third-order valence-electron chi connectivity index (χ3n) is 4.50. The summed E-state index contributed by atoms with van der Waals surface area (Å²) in [5.74, 6) is 1.33. The maximum Gasteiger partial charge on any atom is 0.324 e. The fourth-order valence-electron chi connectivity index (χ4n) is 2.78. The number of nitrogens with zero attached hydrogens (tertiary/aromatic N) is 1. The van der Waals surface area contributed by atoms with Crippen molar-refractivity contribution in [3.8, 4) is 5.75 Å². The lowest BCUT2D eigenvalue weighted by molar-refractivity contribution is -0.133. The molecule has 2 aromatic heterocycles. The number of aromatic amines is 1. The number of ether oxygens (including phenoxy) is 1. The molecule has 0 amide bonds. The fourth-order valence-corrected chi connectivity index (χ4v) is 4.56. The van der Waals surface area contributed by atoms with E-state index in [4.69, 9.17) is 4.74 Å². The number of hydrogen-bond donors (Lipinski definition) is 1. The molecule has 0 spiro atoms. The summed E-state index contributed by atoms with van der Waals surface area (Å²) in [4.78, 5) is 34.0. The lowest BCUT2D eigenvalue weighted by Crippen LogP contribution is -2.21. The molecule has 1 N–H and O–H groups in total. The number of benzene rings is 1. The largest absolute Gasteiger partial charge is 0.425 e. The van der Waals surface area contributed by atoms with Crippen LogP contribution in [0, 0.1) is 27.7 Å². The van der Waals surface area contributed by atoms with Gasteiger partial charge in [-0.2, -0.15) is 0 Å². The van der Waals surface area contributed by atoms with Gasteiger partial charge in [0.15, 0.2) is 0 Å². The van der Waals surface area contributed by atoms with Crippen molar-refractivity contribution in [2.45, 2.75) is 45.6 Å². The Balaban J connectivity index is 1.70. The second-order valence-electron chi connectivity index (χ2n) is 6.57. The van der Waals surface area contributed by atoms with Crippen LogP contribution in [0.15, 0.2) is 23.0 Å². The van der Waals surface area contributed by atoms with E-state index in [-0.39, 0.29) is 16.8 Å². The zero-order chi connectivity index (χ0) is 19.7. The Morgan fingerprint density at radius 1 is 1.26 bits per heavy atom. The number of aromatic nitrogens is 2. The number of hydrogen-bond acceptors (Lipinski definition) is 6. The van der Waals surface area contributed by atoms with Crippen molar-refractivity contribution in [2.24, 2.45) is 0 Å². The van der Waals surface area contributed by atoms with Crippen molar-refractivity contribution < 1.29 is 9.53 Å². The monoisotopic (exact) mass is 402 g/mol. The first kappa shape index (κ1) is 19.6. The van der Waals surface area contributed by atoms with E-state index in [1.165, 1.54) is 23.1 Å². The Morgan fingerprint density at radius 3 is 2.59 bits per heavy atom. The molecule has 0 aliphatic rings. The molecule has 3 rings (SSSR count). The zero-order valence-corrected chi connectivity index (χ0v) is 17.6. The fraction of sp³-hybridized carbons (Fsp3) is 0.350. The number of carbonyl (C=O) groups is 1. The highest BCUT2D eigenvalue weighted by Gasteiger charge is 2.19. The molecule has 0 aliphatic carbocycles. The van der Waals surface area contributed by atoms with E-state index < -0.39 is 0 Å². The first-order chi connectivity index (χ1) is 12.8. The maximum absolute atomic E-state index is 12.4. The van der Waals surface area contributed by atoms with E-state index in [1.54, 1.807) is 6.92 Å². The predicted octanol–water partition coefficient (Wildman–Crippen LogP) is 4.45. The first-order valence-electron chi connectivity index (χ1n) is 8.66. The van der Waals surface area contributed by atoms with Gasteiger partial charge < -0.3 is 9.72 Å². The number of H-pyrrole nitrogens is 1. The van der Waals surface area contributed by atoms with E-state index in [2.05, 4.69) is 9.97 Å². The van der Waals surface area contributed by atoms with Crippen LogP contribution in [0.5, 0.6) is 5.75 Å². The average Bonchev–Trinajstić information content (AvgIpc) is 2.90. The molecule has 1 aromatic carbocycles. The number of thiophene rings is 1. The van der Waals surface area contributed by atoms with E-state index in [1.807, 2.05) is 45.9 Å². The van der Waals surface area contributed by atoms with Crippen molar-refractivity contribution in [3.05, 3.63) is 55.9 Å². The SMILES string of the molecule is Cc1cccc(C)c1OC(=O)[C@@H](C)SCc1nc2sc(C)c(C)c2c(=O)[nH]1. The molecule has 0 aliphatic heterocycles. The summed E-state index contributed by atoms with van der Waals surface area (Å²) in [5.41, 5.74) is 2.72. The number of aryl methyl sites for hydroxylation is 4. The van der Waals surface area contributed by atoms with Crippen LogP contribution in [0.3, 0.4) is 0 Å². The number of thioether (sulfide) groups is 1. The molecule has 5 nitrogen and oxygen atoms in total. The lowest BCUT2D eigenvalue weighted by atomic mass is 10.1. The van der Waals surface area contributed by atoms with Gasteiger partial charge in [-0.1, -0.05) is 18.2 Å². The number of esters is 1. The Labute approximate surface area is 166 Å². The Kier molecular flexibility index (Phi) is 5.72. The molecule has 0 fully saturated rings. The van der Waals surface area contributed by atoms with Gasteiger partial charge in [-0.3, -0.25) is 9.59 Å². The Bertz CT molecular complexity index is 1050. The van der Waals surface area contributed by atoms with Crippen molar-refractivity contribution in [3.63, 3.8) is 0 Å². The van der Waals surface area contributed by atoms with Crippen LogP contribution in [-0.4, -0.2) is 21.2 Å². The summed E-state index contributed by atoms with van der Waals surface area (Å²) in [7, 11) is 0. The van der Waals surface area contributed by atoms with Crippen molar-refractivity contribution in [1.29, 1.82) is 0 Å². The van der Waals surface area contributed by atoms with Gasteiger partial charge in [0.2, 0.25) is 0 Å². The van der Waals surface area contributed by atoms with Crippen LogP contribution in [0.2, 0.25) is 0 Å². The number of para-hydroxylation sites is 1. The van der Waals surface area contributed by atoms with Crippen molar-refractivity contribution >= 4 is 39.3 Å². The smallest absolute Gasteiger partial charge is 0.324 e. The van der Waals surface area contributed by atoms with Gasteiger partial charge >= 0.3 is 5.97 Å². The van der Waals surface area contributed by atoms with Crippen LogP contribution in [0.1, 0.15) is 34.3 Å². The first-order valence-corrected chi connectivity index (χ1v) is 10.5. The van der Waals surface area contributed by atoms with Gasteiger partial charge in [-0.05, 0) is 51.3 Å². The molecule has 2 heterocycles. The highest BCUT2D eigenvalue weighted by atomic mass is 32.2. The number of rotatable bonds is 5. The van der Waals surface area contributed by atoms with Gasteiger partial charge in [-0.15, -0.1) is 23.1 Å². The second-order valence-corrected chi connectivity index (χ2v) is 9.10. The lowest BCUT2D eigenvalue weighted by Gasteiger charge is -2.14. The average molecular weight is 403 g/mol. The third-order valence-corrected chi connectivity index (χ3v) is 6.74. The predicted molar refractivity (Wildman–Crippen MR) is 112 cm³/mol. The van der Waals surface area contributed by atoms with Gasteiger partial charge in [0.1, 0.15) is 21.7 Å². The molecular formula is C20H22N2O3S2. The molecule has 27 heavy (non-hydrogen) atoms. The molecule has 0 unspecified atom stereocenters. The minimum Gasteiger partial charge on any atom is -0.425 e. The van der Waals surface area contributed by atoms with E-state index in [0.29, 0.717) is 22.7 Å². The molecule has 0 radical (unpaired) electrons. The second kappa shape index (κ2) is 7.86. The summed E-state index contributed by atoms with van der Waals surface area (Å²) in [6, 6.07) is 5.77. The molecule has 7 heteroatoms. The summed E-state index contributed by atoms with van der Waals surface area (Å²) in [6.07, 6.45) is 0. The van der Waals surface area contributed by atoms with Crippen LogP contribution in [-0.2, 0) is 10.5 Å². The van der Waals surface area contributed by atoms with Crippen LogP contribution >= 0.6 is 23.1 Å². The quantitative estimate of drug-likeness (QED) is 0.504. The number of carbonyl (C=O) groups excluding carboxylic acids is 1. The Hall–Kier alpha value is -2.12. The van der Waals surface area contributed by atoms with Gasteiger partial charge in [0.05, 0.1) is 11.1 Å². The third kappa shape index (κ3) is 4.09. The molecule has 0 saturated heterocycles. The summed E-state index contributed by atoms with van der Waals surface area (Å²) in [6.45, 7) is 9.56. The van der Waals surface area contributed by atoms with Gasteiger partial charge in [0.25, 0.3) is 5.56 Å². The summed E-state index contributed by atoms with van der Waals surface area (Å²) >= 11 is 2.91. The molecule has 1 atom stereocenters. The van der Waals surface area contributed by atoms with Gasteiger partial charge in [-0.25, -0.2) is 4.98 Å². The van der Waals surface area contributed by atoms with E-state index in [0.717, 1.165) is 26.4 Å². The number of fused-ring (bicyclic) bond motifs is 1. The number of nitrogens with one attached hydrogen (secondary N) is 1. The van der Waals surface area contributed by atoms with Crippen molar-refractivity contribution in [1.82, 2.24) is 9.97 Å². The molecule has 3 aromatic rings. The summed E-state index contributed by atoms with van der Waals surface area (Å²) in [5, 5.41) is 0.283. The van der Waals surface area contributed by atoms with E-state index >= 15 is 0 Å². The normalized spacial score (nSPS) is 12.3. The standard InChI is InChI=1S/C20H22N2O3S2/c1-10-7-6-8-11(2)17(10)25-20(24)14(5)26-9-15-21-18(23)16-12(3)13(4)27-19(16)22-15/h6-8,14H,9H2,1-5H3,(H,21,22,23)/t14-/m1/s1. The van der Waals surface area contributed by atoms with Crippen LogP contribution in [0.25, 0.3) is 10.2 Å². The zero-order valence-electron chi connectivity index (χ0n) is 16.0. The molecular weight excluding hydrogens is 380 g/mol. The maximum atomic E-state index is 12.4. The minimum absolute atomic E-state index is 0.122. The molecule has 0 bridgehead atoms. The molecule has 142 valence electrons.